The molecule has 0 saturated carbocycles. The predicted octanol–water partition coefficient (Wildman–Crippen LogP) is 2.82. The lowest BCUT2D eigenvalue weighted by Crippen LogP contribution is -1.86. The van der Waals surface area contributed by atoms with E-state index in [0.717, 1.165) is 10.6 Å². The van der Waals surface area contributed by atoms with E-state index in [-0.39, 0.29) is 6.04 Å². The van der Waals surface area contributed by atoms with Crippen LogP contribution in [0.5, 0.6) is 0 Å². The molecule has 1 aromatic heterocycles. The standard InChI is InChI=1S/C6H8N4S/c1-4-6(11-3-8-4)5(2)9-10-7/h3,5H,1-2H3/t5-/m0/s1. The molecule has 0 spiro atoms. The molecule has 0 fully saturated rings. The van der Waals surface area contributed by atoms with Crippen molar-refractivity contribution in [2.75, 3.05) is 0 Å². The SMILES string of the molecule is Cc1ncsc1[C@H](C)N=[N+]=[N-]. The molecular weight excluding hydrogens is 160 g/mol. The topological polar surface area (TPSA) is 61.7 Å². The number of thiazole rings is 1. The van der Waals surface area contributed by atoms with Gasteiger partial charge < -0.3 is 0 Å². The third-order valence-corrected chi connectivity index (χ3v) is 2.49. The molecule has 11 heavy (non-hydrogen) atoms. The Morgan fingerprint density at radius 3 is 3.00 bits per heavy atom. The quantitative estimate of drug-likeness (QED) is 0.380. The molecule has 0 bridgehead atoms. The molecule has 58 valence electrons. The van der Waals surface area contributed by atoms with Crippen molar-refractivity contribution in [2.45, 2.75) is 19.9 Å². The Hall–Kier alpha value is -1.06. The highest BCUT2D eigenvalue weighted by molar-refractivity contribution is 7.09. The molecule has 1 atom stereocenters. The molecule has 0 aliphatic heterocycles. The second kappa shape index (κ2) is 3.37. The van der Waals surface area contributed by atoms with Crippen LogP contribution in [-0.4, -0.2) is 4.98 Å². The summed E-state index contributed by atoms with van der Waals surface area (Å²) < 4.78 is 0. The fourth-order valence-electron chi connectivity index (χ4n) is 0.842. The molecule has 1 heterocycles. The Balaban J connectivity index is 2.92. The van der Waals surface area contributed by atoms with Gasteiger partial charge in [-0.25, -0.2) is 4.98 Å². The molecule has 0 aromatic carbocycles. The number of hydrogen-bond donors (Lipinski definition) is 0. The first kappa shape index (κ1) is 8.04. The fraction of sp³-hybridized carbons (Fsp3) is 0.500. The number of aromatic nitrogens is 1. The zero-order chi connectivity index (χ0) is 8.27. The van der Waals surface area contributed by atoms with E-state index in [4.69, 9.17) is 5.53 Å². The Bertz CT molecular complexity index is 287. The number of rotatable bonds is 2. The van der Waals surface area contributed by atoms with Crippen molar-refractivity contribution in [3.63, 3.8) is 0 Å². The van der Waals surface area contributed by atoms with Gasteiger partial charge in [0.2, 0.25) is 0 Å². The van der Waals surface area contributed by atoms with Crippen molar-refractivity contribution >= 4 is 11.3 Å². The minimum absolute atomic E-state index is 0.0903. The van der Waals surface area contributed by atoms with Gasteiger partial charge in [-0.1, -0.05) is 12.0 Å². The van der Waals surface area contributed by atoms with Crippen LogP contribution < -0.4 is 0 Å². The van der Waals surface area contributed by atoms with Crippen molar-refractivity contribution in [1.82, 2.24) is 4.98 Å². The number of aryl methyl sites for hydroxylation is 1. The van der Waals surface area contributed by atoms with Gasteiger partial charge in [0.05, 0.1) is 17.2 Å². The zero-order valence-electron chi connectivity index (χ0n) is 6.35. The Labute approximate surface area is 68.5 Å². The molecule has 0 unspecified atom stereocenters. The highest BCUT2D eigenvalue weighted by Crippen LogP contribution is 2.23. The lowest BCUT2D eigenvalue weighted by atomic mass is 10.2. The van der Waals surface area contributed by atoms with Crippen molar-refractivity contribution in [3.05, 3.63) is 26.5 Å². The lowest BCUT2D eigenvalue weighted by Gasteiger charge is -1.99. The van der Waals surface area contributed by atoms with E-state index in [1.807, 2.05) is 13.8 Å². The molecule has 0 N–H and O–H groups in total. The predicted molar refractivity (Wildman–Crippen MR) is 44.4 cm³/mol. The van der Waals surface area contributed by atoms with Gasteiger partial charge in [0.1, 0.15) is 0 Å². The first-order chi connectivity index (χ1) is 5.25. The van der Waals surface area contributed by atoms with E-state index >= 15 is 0 Å². The van der Waals surface area contributed by atoms with Gasteiger partial charge in [-0.3, -0.25) is 0 Å². The largest absolute Gasteiger partial charge is 0.250 e. The first-order valence-electron chi connectivity index (χ1n) is 3.20. The molecule has 5 heteroatoms. The second-order valence-electron chi connectivity index (χ2n) is 2.18. The molecule has 1 aromatic rings. The van der Waals surface area contributed by atoms with E-state index in [2.05, 4.69) is 15.0 Å². The average Bonchev–Trinajstić information content (AvgIpc) is 2.36. The number of azide groups is 1. The van der Waals surface area contributed by atoms with Crippen molar-refractivity contribution in [1.29, 1.82) is 0 Å². The van der Waals surface area contributed by atoms with Crippen LogP contribution in [0.4, 0.5) is 0 Å². The van der Waals surface area contributed by atoms with Gasteiger partial charge in [-0.2, -0.15) is 0 Å². The van der Waals surface area contributed by atoms with Gasteiger partial charge in [-0.15, -0.1) is 11.3 Å². The summed E-state index contributed by atoms with van der Waals surface area (Å²) in [5.41, 5.74) is 10.9. The van der Waals surface area contributed by atoms with Crippen LogP contribution in [0.1, 0.15) is 23.5 Å². The van der Waals surface area contributed by atoms with Gasteiger partial charge in [0, 0.05) is 9.79 Å². The third-order valence-electron chi connectivity index (χ3n) is 1.39. The molecule has 0 saturated heterocycles. The molecular formula is C6H8N4S. The van der Waals surface area contributed by atoms with Crippen LogP contribution in [0, 0.1) is 6.92 Å². The van der Waals surface area contributed by atoms with Gasteiger partial charge >= 0.3 is 0 Å². The van der Waals surface area contributed by atoms with Crippen LogP contribution >= 0.6 is 11.3 Å². The van der Waals surface area contributed by atoms with E-state index in [1.165, 1.54) is 11.3 Å². The van der Waals surface area contributed by atoms with Crippen LogP contribution in [0.2, 0.25) is 0 Å². The van der Waals surface area contributed by atoms with Crippen molar-refractivity contribution in [3.8, 4) is 0 Å². The average molecular weight is 168 g/mol. The van der Waals surface area contributed by atoms with Crippen molar-refractivity contribution in [2.24, 2.45) is 5.11 Å². The summed E-state index contributed by atoms with van der Waals surface area (Å²) in [5, 5.41) is 3.58. The fourth-order valence-corrected chi connectivity index (χ4v) is 1.63. The van der Waals surface area contributed by atoms with E-state index in [1.54, 1.807) is 5.51 Å². The normalized spacial score (nSPS) is 12.2. The maximum Gasteiger partial charge on any atom is 0.0797 e. The molecule has 1 rings (SSSR count). The zero-order valence-corrected chi connectivity index (χ0v) is 7.17. The van der Waals surface area contributed by atoms with Crippen LogP contribution in [0.25, 0.3) is 10.4 Å². The highest BCUT2D eigenvalue weighted by Gasteiger charge is 2.07. The Morgan fingerprint density at radius 2 is 2.55 bits per heavy atom. The second-order valence-corrected chi connectivity index (χ2v) is 3.07. The smallest absolute Gasteiger partial charge is 0.0797 e. The highest BCUT2D eigenvalue weighted by atomic mass is 32.1. The summed E-state index contributed by atoms with van der Waals surface area (Å²) >= 11 is 1.52. The lowest BCUT2D eigenvalue weighted by molar-refractivity contribution is 0.815. The molecule has 4 nitrogen and oxygen atoms in total. The minimum atomic E-state index is -0.0903. The summed E-state index contributed by atoms with van der Waals surface area (Å²) in [5.74, 6) is 0. The molecule has 0 aliphatic rings. The minimum Gasteiger partial charge on any atom is -0.250 e. The Kier molecular flexibility index (Phi) is 2.46. The molecule has 0 radical (unpaired) electrons. The maximum atomic E-state index is 8.17. The first-order valence-corrected chi connectivity index (χ1v) is 4.08. The monoisotopic (exact) mass is 168 g/mol. The molecule has 0 amide bonds. The van der Waals surface area contributed by atoms with Crippen molar-refractivity contribution < 1.29 is 0 Å². The number of hydrogen-bond acceptors (Lipinski definition) is 3. The number of nitrogens with zero attached hydrogens (tertiary/aromatic N) is 4. The summed E-state index contributed by atoms with van der Waals surface area (Å²) in [6.07, 6.45) is 0. The van der Waals surface area contributed by atoms with Gasteiger partial charge in [0.15, 0.2) is 0 Å². The Morgan fingerprint density at radius 1 is 1.82 bits per heavy atom. The van der Waals surface area contributed by atoms with E-state index in [0.29, 0.717) is 0 Å². The maximum absolute atomic E-state index is 8.17. The molecule has 0 aliphatic carbocycles. The summed E-state index contributed by atoms with van der Waals surface area (Å²) in [4.78, 5) is 7.84. The van der Waals surface area contributed by atoms with Crippen LogP contribution in [0.3, 0.4) is 0 Å². The summed E-state index contributed by atoms with van der Waals surface area (Å²) in [6, 6.07) is -0.0903. The van der Waals surface area contributed by atoms with Crippen LogP contribution in [0.15, 0.2) is 10.6 Å². The summed E-state index contributed by atoms with van der Waals surface area (Å²) in [7, 11) is 0. The van der Waals surface area contributed by atoms with Gasteiger partial charge in [-0.05, 0) is 12.5 Å². The van der Waals surface area contributed by atoms with Gasteiger partial charge in [0.25, 0.3) is 0 Å². The van der Waals surface area contributed by atoms with E-state index in [9.17, 15) is 0 Å². The van der Waals surface area contributed by atoms with Crippen LogP contribution in [-0.2, 0) is 0 Å². The summed E-state index contributed by atoms with van der Waals surface area (Å²) in [6.45, 7) is 3.77. The van der Waals surface area contributed by atoms with E-state index < -0.39 is 0 Å². The third kappa shape index (κ3) is 1.69.